The Bertz CT molecular complexity index is 407. The zero-order chi connectivity index (χ0) is 14.3. The van der Waals surface area contributed by atoms with Gasteiger partial charge in [0.1, 0.15) is 5.75 Å². The molecule has 0 aliphatic carbocycles. The minimum atomic E-state index is -0.171. The summed E-state index contributed by atoms with van der Waals surface area (Å²) in [7, 11) is 1.60. The summed E-state index contributed by atoms with van der Waals surface area (Å²) in [6, 6.07) is 7.35. The van der Waals surface area contributed by atoms with Gasteiger partial charge in [-0.25, -0.2) is 0 Å². The van der Waals surface area contributed by atoms with Crippen molar-refractivity contribution in [2.75, 3.05) is 20.3 Å². The third-order valence-corrected chi connectivity index (χ3v) is 2.58. The molecule has 0 radical (unpaired) electrons. The molecule has 0 spiro atoms. The van der Waals surface area contributed by atoms with Gasteiger partial charge in [0.2, 0.25) is 0 Å². The predicted molar refractivity (Wildman–Crippen MR) is 74.0 cm³/mol. The zero-order valence-corrected chi connectivity index (χ0v) is 11.7. The molecule has 2 atom stereocenters. The Balaban J connectivity index is 2.43. The van der Waals surface area contributed by atoms with Gasteiger partial charge in [-0.15, -0.1) is 0 Å². The van der Waals surface area contributed by atoms with Crippen molar-refractivity contribution in [1.29, 1.82) is 0 Å². The summed E-state index contributed by atoms with van der Waals surface area (Å²) < 4.78 is 10.4. The Morgan fingerprint density at radius 1 is 1.42 bits per heavy atom. The monoisotopic (exact) mass is 266 g/mol. The van der Waals surface area contributed by atoms with E-state index in [0.29, 0.717) is 12.4 Å². The first-order chi connectivity index (χ1) is 9.02. The van der Waals surface area contributed by atoms with E-state index < -0.39 is 0 Å². The van der Waals surface area contributed by atoms with Gasteiger partial charge in [-0.05, 0) is 31.5 Å². The maximum absolute atomic E-state index is 11.6. The quantitative estimate of drug-likeness (QED) is 0.778. The third-order valence-electron chi connectivity index (χ3n) is 2.58. The molecule has 0 heterocycles. The van der Waals surface area contributed by atoms with E-state index in [0.717, 1.165) is 5.56 Å². The fraction of sp³-hybridized carbons (Fsp3) is 0.500. The molecule has 5 heteroatoms. The van der Waals surface area contributed by atoms with E-state index in [4.69, 9.17) is 15.2 Å². The van der Waals surface area contributed by atoms with E-state index in [9.17, 15) is 4.79 Å². The van der Waals surface area contributed by atoms with Crippen LogP contribution in [0.15, 0.2) is 24.3 Å². The lowest BCUT2D eigenvalue weighted by molar-refractivity contribution is -0.124. The molecule has 0 bridgehead atoms. The number of ether oxygens (including phenoxy) is 2. The predicted octanol–water partition coefficient (Wildman–Crippen LogP) is 1.24. The van der Waals surface area contributed by atoms with Crippen molar-refractivity contribution in [1.82, 2.24) is 5.32 Å². The van der Waals surface area contributed by atoms with Crippen LogP contribution >= 0.6 is 0 Å². The fourth-order valence-corrected chi connectivity index (χ4v) is 1.64. The van der Waals surface area contributed by atoms with Gasteiger partial charge in [0, 0.05) is 19.2 Å². The van der Waals surface area contributed by atoms with Crippen molar-refractivity contribution >= 4 is 5.91 Å². The average molecular weight is 266 g/mol. The molecule has 0 saturated heterocycles. The Hall–Kier alpha value is -1.59. The van der Waals surface area contributed by atoms with Gasteiger partial charge < -0.3 is 20.5 Å². The fourth-order valence-electron chi connectivity index (χ4n) is 1.64. The minimum Gasteiger partial charge on any atom is -0.484 e. The molecule has 106 valence electrons. The van der Waals surface area contributed by atoms with Crippen LogP contribution in [0.1, 0.15) is 25.5 Å². The van der Waals surface area contributed by atoms with Gasteiger partial charge in [0.15, 0.2) is 6.61 Å². The number of nitrogens with one attached hydrogen (secondary N) is 1. The molecule has 1 rings (SSSR count). The summed E-state index contributed by atoms with van der Waals surface area (Å²) in [5, 5.41) is 2.77. The molecular formula is C14H22N2O3. The van der Waals surface area contributed by atoms with E-state index in [1.165, 1.54) is 0 Å². The van der Waals surface area contributed by atoms with Gasteiger partial charge in [-0.3, -0.25) is 4.79 Å². The molecule has 0 aliphatic heterocycles. The zero-order valence-electron chi connectivity index (χ0n) is 11.7. The number of amides is 1. The number of rotatable bonds is 7. The Labute approximate surface area is 114 Å². The molecule has 1 aromatic rings. The minimum absolute atomic E-state index is 0.0174. The first-order valence-corrected chi connectivity index (χ1v) is 6.29. The average Bonchev–Trinajstić information content (AvgIpc) is 2.37. The number of hydrogen-bond acceptors (Lipinski definition) is 4. The molecule has 19 heavy (non-hydrogen) atoms. The number of carbonyl (C=O) groups is 1. The maximum atomic E-state index is 11.6. The number of carbonyl (C=O) groups excluding carboxylic acids is 1. The molecule has 5 nitrogen and oxygen atoms in total. The van der Waals surface area contributed by atoms with Gasteiger partial charge in [0.05, 0.1) is 6.61 Å². The van der Waals surface area contributed by atoms with Crippen LogP contribution in [-0.4, -0.2) is 32.3 Å². The van der Waals surface area contributed by atoms with E-state index in [-0.39, 0.29) is 24.6 Å². The summed E-state index contributed by atoms with van der Waals surface area (Å²) in [4.78, 5) is 11.6. The van der Waals surface area contributed by atoms with E-state index in [1.54, 1.807) is 13.2 Å². The van der Waals surface area contributed by atoms with Gasteiger partial charge in [-0.2, -0.15) is 0 Å². The molecule has 1 amide bonds. The van der Waals surface area contributed by atoms with Crippen molar-refractivity contribution < 1.29 is 14.3 Å². The van der Waals surface area contributed by atoms with Crippen LogP contribution in [0.4, 0.5) is 0 Å². The standard InChI is InChI=1S/C14H22N2O3/c1-10(8-18-3)16-14(17)9-19-13-6-4-5-12(7-13)11(2)15/h4-7,10-11H,8-9,15H2,1-3H3,(H,16,17)/t10?,11-/m0/s1. The molecule has 0 fully saturated rings. The number of methoxy groups -OCH3 is 1. The molecular weight excluding hydrogens is 244 g/mol. The molecule has 0 aliphatic rings. The summed E-state index contributed by atoms with van der Waals surface area (Å²) in [6.07, 6.45) is 0. The lowest BCUT2D eigenvalue weighted by Gasteiger charge is -2.14. The number of nitrogens with two attached hydrogens (primary N) is 1. The van der Waals surface area contributed by atoms with Gasteiger partial charge in [0.25, 0.3) is 5.91 Å². The molecule has 0 saturated carbocycles. The summed E-state index contributed by atoms with van der Waals surface area (Å²) in [6.45, 7) is 4.23. The highest BCUT2D eigenvalue weighted by atomic mass is 16.5. The van der Waals surface area contributed by atoms with Gasteiger partial charge in [-0.1, -0.05) is 12.1 Å². The molecule has 0 aromatic heterocycles. The first kappa shape index (κ1) is 15.5. The second-order valence-corrected chi connectivity index (χ2v) is 4.57. The SMILES string of the molecule is COCC(C)NC(=O)COc1cccc([C@H](C)N)c1. The molecule has 1 aromatic carbocycles. The normalized spacial score (nSPS) is 13.7. The van der Waals surface area contributed by atoms with Crippen LogP contribution in [0.2, 0.25) is 0 Å². The lowest BCUT2D eigenvalue weighted by Crippen LogP contribution is -2.38. The second kappa shape index (κ2) is 7.76. The molecule has 3 N–H and O–H groups in total. The first-order valence-electron chi connectivity index (χ1n) is 6.29. The van der Waals surface area contributed by atoms with Crippen molar-refractivity contribution in [2.24, 2.45) is 5.73 Å². The molecule has 1 unspecified atom stereocenters. The highest BCUT2D eigenvalue weighted by molar-refractivity contribution is 5.77. The van der Waals surface area contributed by atoms with Crippen LogP contribution in [0.25, 0.3) is 0 Å². The van der Waals surface area contributed by atoms with Crippen LogP contribution in [0.5, 0.6) is 5.75 Å². The summed E-state index contributed by atoms with van der Waals surface area (Å²) >= 11 is 0. The van der Waals surface area contributed by atoms with Gasteiger partial charge >= 0.3 is 0 Å². The van der Waals surface area contributed by atoms with Crippen LogP contribution in [0.3, 0.4) is 0 Å². The number of benzene rings is 1. The van der Waals surface area contributed by atoms with E-state index >= 15 is 0 Å². The highest BCUT2D eigenvalue weighted by Crippen LogP contribution is 2.17. The van der Waals surface area contributed by atoms with E-state index in [1.807, 2.05) is 32.0 Å². The van der Waals surface area contributed by atoms with Crippen LogP contribution < -0.4 is 15.8 Å². The smallest absolute Gasteiger partial charge is 0.258 e. The summed E-state index contributed by atoms with van der Waals surface area (Å²) in [5.74, 6) is 0.472. The highest BCUT2D eigenvalue weighted by Gasteiger charge is 2.08. The second-order valence-electron chi connectivity index (χ2n) is 4.57. The van der Waals surface area contributed by atoms with Crippen molar-refractivity contribution in [3.63, 3.8) is 0 Å². The Morgan fingerprint density at radius 3 is 2.79 bits per heavy atom. The van der Waals surface area contributed by atoms with Crippen molar-refractivity contribution in [3.8, 4) is 5.75 Å². The largest absolute Gasteiger partial charge is 0.484 e. The third kappa shape index (κ3) is 5.72. The Morgan fingerprint density at radius 2 is 2.16 bits per heavy atom. The Kier molecular flexibility index (Phi) is 6.32. The van der Waals surface area contributed by atoms with Crippen molar-refractivity contribution in [3.05, 3.63) is 29.8 Å². The van der Waals surface area contributed by atoms with Crippen LogP contribution in [-0.2, 0) is 9.53 Å². The maximum Gasteiger partial charge on any atom is 0.258 e. The topological polar surface area (TPSA) is 73.6 Å². The van der Waals surface area contributed by atoms with Crippen molar-refractivity contribution in [2.45, 2.75) is 25.9 Å². The van der Waals surface area contributed by atoms with Crippen LogP contribution in [0, 0.1) is 0 Å². The lowest BCUT2D eigenvalue weighted by atomic mass is 10.1. The number of hydrogen-bond donors (Lipinski definition) is 2. The van der Waals surface area contributed by atoms with E-state index in [2.05, 4.69) is 5.32 Å². The summed E-state index contributed by atoms with van der Waals surface area (Å²) in [5.41, 5.74) is 6.77.